The monoisotopic (exact) mass is 442 g/mol. The summed E-state index contributed by atoms with van der Waals surface area (Å²) >= 11 is 3.14. The van der Waals surface area contributed by atoms with Crippen molar-refractivity contribution in [1.29, 1.82) is 0 Å². The molecular formula is C30H18S2. The topological polar surface area (TPSA) is 0 Å². The van der Waals surface area contributed by atoms with E-state index in [-0.39, 0.29) is 0 Å². The summed E-state index contributed by atoms with van der Waals surface area (Å²) in [6.07, 6.45) is 5.67. The quantitative estimate of drug-likeness (QED) is 0.241. The number of benzene rings is 4. The highest BCUT2D eigenvalue weighted by Gasteiger charge is 2.06. The predicted octanol–water partition coefficient (Wildman–Crippen LogP) is 7.32. The van der Waals surface area contributed by atoms with Crippen molar-refractivity contribution < 1.29 is 0 Å². The average Bonchev–Trinajstić information content (AvgIpc) is 2.85. The van der Waals surface area contributed by atoms with Crippen LogP contribution in [-0.2, 0) is 0 Å². The summed E-state index contributed by atoms with van der Waals surface area (Å²) in [5.41, 5.74) is 3.82. The van der Waals surface area contributed by atoms with Gasteiger partial charge in [-0.05, 0) is 65.5 Å². The fourth-order valence-corrected chi connectivity index (χ4v) is 4.56. The highest BCUT2D eigenvalue weighted by Crippen LogP contribution is 2.32. The second-order valence-electron chi connectivity index (χ2n) is 6.68. The first-order valence-corrected chi connectivity index (χ1v) is 11.6. The lowest BCUT2D eigenvalue weighted by Crippen LogP contribution is -1.85. The Bertz CT molecular complexity index is 1390. The second-order valence-corrected chi connectivity index (χ2v) is 8.61. The molecule has 150 valence electrons. The predicted molar refractivity (Wildman–Crippen MR) is 137 cm³/mol. The summed E-state index contributed by atoms with van der Waals surface area (Å²) < 4.78 is 0. The highest BCUT2D eigenvalue weighted by molar-refractivity contribution is 8.04. The molecule has 0 spiro atoms. The van der Waals surface area contributed by atoms with Crippen LogP contribution in [0.4, 0.5) is 0 Å². The molecule has 4 rings (SSSR count). The summed E-state index contributed by atoms with van der Waals surface area (Å²) in [4.78, 5) is 3.18. The molecule has 0 nitrogen and oxygen atoms in total. The van der Waals surface area contributed by atoms with Crippen LogP contribution < -0.4 is 0 Å². The Morgan fingerprint density at radius 2 is 1.00 bits per heavy atom. The minimum Gasteiger partial charge on any atom is -0.115 e. The van der Waals surface area contributed by atoms with Gasteiger partial charge in [-0.2, -0.15) is 0 Å². The summed E-state index contributed by atoms with van der Waals surface area (Å²) in [5, 5.41) is 3.19. The third kappa shape index (κ3) is 5.69. The minimum atomic E-state index is 0.888. The van der Waals surface area contributed by atoms with Gasteiger partial charge in [-0.25, -0.2) is 0 Å². The molecule has 0 saturated heterocycles. The Hall–Kier alpha value is -3.74. The highest BCUT2D eigenvalue weighted by atomic mass is 32.2. The molecule has 2 heteroatoms. The van der Waals surface area contributed by atoms with E-state index in [2.05, 4.69) is 41.1 Å². The Kier molecular flexibility index (Phi) is 7.42. The lowest BCUT2D eigenvalue weighted by molar-refractivity contribution is 1.36. The molecule has 0 N–H and O–H groups in total. The number of hydrogen-bond donors (Lipinski definition) is 0. The van der Waals surface area contributed by atoms with Crippen LogP contribution in [0.5, 0.6) is 0 Å². The maximum atomic E-state index is 5.67. The van der Waals surface area contributed by atoms with Gasteiger partial charge < -0.3 is 0 Å². The molecule has 0 radical (unpaired) electrons. The van der Waals surface area contributed by atoms with Gasteiger partial charge in [0.15, 0.2) is 0 Å². The SMILES string of the molecule is C#Cc1ccccc1Sc1ccccc1C#Cc1ccccc1SC#Cc1ccccc1. The van der Waals surface area contributed by atoms with Crippen molar-refractivity contribution in [2.24, 2.45) is 0 Å². The maximum absolute atomic E-state index is 5.67. The van der Waals surface area contributed by atoms with E-state index in [1.807, 2.05) is 91.0 Å². The van der Waals surface area contributed by atoms with Crippen LogP contribution in [0.1, 0.15) is 22.3 Å². The molecule has 0 bridgehead atoms. The van der Waals surface area contributed by atoms with Crippen molar-refractivity contribution in [2.75, 3.05) is 0 Å². The van der Waals surface area contributed by atoms with Crippen LogP contribution in [0.25, 0.3) is 0 Å². The average molecular weight is 443 g/mol. The summed E-state index contributed by atoms with van der Waals surface area (Å²) in [5.74, 6) is 12.6. The van der Waals surface area contributed by atoms with E-state index in [9.17, 15) is 0 Å². The van der Waals surface area contributed by atoms with Gasteiger partial charge in [-0.3, -0.25) is 0 Å². The summed E-state index contributed by atoms with van der Waals surface area (Å²) in [6, 6.07) is 34.2. The molecule has 4 aromatic carbocycles. The van der Waals surface area contributed by atoms with Crippen LogP contribution in [0, 0.1) is 35.4 Å². The van der Waals surface area contributed by atoms with Crippen molar-refractivity contribution in [2.45, 2.75) is 14.7 Å². The van der Waals surface area contributed by atoms with Crippen molar-refractivity contribution in [3.63, 3.8) is 0 Å². The van der Waals surface area contributed by atoms with E-state index in [1.165, 1.54) is 11.8 Å². The first-order chi connectivity index (χ1) is 15.8. The van der Waals surface area contributed by atoms with Gasteiger partial charge in [0.05, 0.1) is 0 Å². The standard InChI is InChI=1S/C30H18S2/c1-2-25-14-6-10-18-29(25)32-30-19-11-8-16-27(30)21-20-26-15-7-9-17-28(26)31-23-22-24-12-4-3-5-13-24/h1,3-19H. The Morgan fingerprint density at radius 3 is 1.66 bits per heavy atom. The van der Waals surface area contributed by atoms with Crippen molar-refractivity contribution in [3.05, 3.63) is 125 Å². The van der Waals surface area contributed by atoms with Gasteiger partial charge in [0.1, 0.15) is 0 Å². The molecule has 0 unspecified atom stereocenters. The molecule has 0 aliphatic carbocycles. The van der Waals surface area contributed by atoms with Crippen molar-refractivity contribution in [1.82, 2.24) is 0 Å². The van der Waals surface area contributed by atoms with Gasteiger partial charge >= 0.3 is 0 Å². The number of rotatable bonds is 3. The van der Waals surface area contributed by atoms with Crippen molar-refractivity contribution >= 4 is 23.5 Å². The van der Waals surface area contributed by atoms with Crippen LogP contribution >= 0.6 is 23.5 Å². The largest absolute Gasteiger partial charge is 0.115 e. The Balaban J connectivity index is 1.59. The molecule has 4 aromatic rings. The third-order valence-electron chi connectivity index (χ3n) is 4.50. The van der Waals surface area contributed by atoms with Gasteiger partial charge in [0.2, 0.25) is 0 Å². The fraction of sp³-hybridized carbons (Fsp3) is 0. The third-order valence-corrected chi connectivity index (χ3v) is 6.43. The zero-order chi connectivity index (χ0) is 22.0. The van der Waals surface area contributed by atoms with Crippen LogP contribution in [0.15, 0.2) is 118 Å². The van der Waals surface area contributed by atoms with E-state index in [0.717, 1.165) is 36.9 Å². The molecular weight excluding hydrogens is 424 g/mol. The van der Waals surface area contributed by atoms with Crippen LogP contribution in [-0.4, -0.2) is 0 Å². The number of thioether (sulfide) groups is 1. The molecule has 0 atom stereocenters. The van der Waals surface area contributed by atoms with E-state index in [4.69, 9.17) is 6.42 Å². The van der Waals surface area contributed by atoms with Crippen LogP contribution in [0.3, 0.4) is 0 Å². The molecule has 0 aromatic heterocycles. The number of hydrogen-bond acceptors (Lipinski definition) is 2. The van der Waals surface area contributed by atoms with Gasteiger partial charge in [0, 0.05) is 36.9 Å². The molecule has 0 aliphatic heterocycles. The molecule has 0 heterocycles. The van der Waals surface area contributed by atoms with Gasteiger partial charge in [-0.15, -0.1) is 6.42 Å². The fourth-order valence-electron chi connectivity index (χ4n) is 2.91. The lowest BCUT2D eigenvalue weighted by Gasteiger charge is -2.06. The van der Waals surface area contributed by atoms with Gasteiger partial charge in [0.25, 0.3) is 0 Å². The molecule has 0 aliphatic rings. The Labute approximate surface area is 198 Å². The van der Waals surface area contributed by atoms with E-state index in [1.54, 1.807) is 11.8 Å². The molecule has 0 saturated carbocycles. The summed E-state index contributed by atoms with van der Waals surface area (Å²) in [7, 11) is 0. The van der Waals surface area contributed by atoms with Gasteiger partial charge in [-0.1, -0.05) is 90.0 Å². The Morgan fingerprint density at radius 1 is 0.500 bits per heavy atom. The zero-order valence-electron chi connectivity index (χ0n) is 17.2. The second kappa shape index (κ2) is 11.0. The smallest absolute Gasteiger partial charge is 0.0394 e. The van der Waals surface area contributed by atoms with E-state index >= 15 is 0 Å². The normalized spacial score (nSPS) is 9.59. The molecule has 32 heavy (non-hydrogen) atoms. The zero-order valence-corrected chi connectivity index (χ0v) is 18.8. The van der Waals surface area contributed by atoms with Crippen molar-refractivity contribution in [3.8, 4) is 35.4 Å². The lowest BCUT2D eigenvalue weighted by atomic mass is 10.2. The number of terminal acetylenes is 1. The van der Waals surface area contributed by atoms with Crippen LogP contribution in [0.2, 0.25) is 0 Å². The molecule has 0 amide bonds. The minimum absolute atomic E-state index is 0.888. The first-order valence-electron chi connectivity index (χ1n) is 10.00. The first kappa shape index (κ1) is 21.5. The summed E-state index contributed by atoms with van der Waals surface area (Å²) in [6.45, 7) is 0. The molecule has 0 fully saturated rings. The van der Waals surface area contributed by atoms with E-state index in [0.29, 0.717) is 0 Å². The maximum Gasteiger partial charge on any atom is 0.0394 e. The van der Waals surface area contributed by atoms with E-state index < -0.39 is 0 Å².